The topological polar surface area (TPSA) is 65.2 Å². The first kappa shape index (κ1) is 15.5. The fraction of sp³-hybridized carbons (Fsp3) is 0.105. The first-order valence-corrected chi connectivity index (χ1v) is 8.61. The predicted molar refractivity (Wildman–Crippen MR) is 95.4 cm³/mol. The number of aromatic nitrogens is 2. The van der Waals surface area contributed by atoms with Crippen molar-refractivity contribution in [2.24, 2.45) is 0 Å². The minimum Gasteiger partial charge on any atom is -0.448 e. The van der Waals surface area contributed by atoms with Gasteiger partial charge in [-0.2, -0.15) is 0 Å². The number of rotatable bonds is 4. The Morgan fingerprint density at radius 1 is 1.08 bits per heavy atom. The van der Waals surface area contributed by atoms with Crippen LogP contribution in [0.15, 0.2) is 65.1 Å². The summed E-state index contributed by atoms with van der Waals surface area (Å²) in [6.07, 6.45) is -0.623. The normalized spacial score (nSPS) is 12.2. The van der Waals surface area contributed by atoms with E-state index in [1.54, 1.807) is 6.92 Å². The van der Waals surface area contributed by atoms with E-state index < -0.39 is 12.1 Å². The molecule has 2 heterocycles. The molecule has 0 saturated carbocycles. The number of thiophene rings is 1. The Labute approximate surface area is 147 Å². The first-order chi connectivity index (χ1) is 12.2. The van der Waals surface area contributed by atoms with E-state index in [0.29, 0.717) is 10.8 Å². The fourth-order valence-electron chi connectivity index (χ4n) is 2.45. The van der Waals surface area contributed by atoms with Gasteiger partial charge in [-0.15, -0.1) is 21.5 Å². The lowest BCUT2D eigenvalue weighted by atomic mass is 10.2. The zero-order valence-corrected chi connectivity index (χ0v) is 14.2. The van der Waals surface area contributed by atoms with E-state index in [2.05, 4.69) is 10.2 Å². The average molecular weight is 350 g/mol. The molecule has 4 aromatic rings. The Bertz CT molecular complexity index is 990. The van der Waals surface area contributed by atoms with Gasteiger partial charge in [0.25, 0.3) is 5.89 Å². The van der Waals surface area contributed by atoms with Gasteiger partial charge in [0.2, 0.25) is 5.89 Å². The van der Waals surface area contributed by atoms with Gasteiger partial charge in [0.1, 0.15) is 4.88 Å². The van der Waals surface area contributed by atoms with E-state index in [9.17, 15) is 4.79 Å². The Balaban J connectivity index is 1.50. The number of benzene rings is 2. The van der Waals surface area contributed by atoms with Crippen LogP contribution >= 0.6 is 11.3 Å². The second-order valence-corrected chi connectivity index (χ2v) is 6.59. The highest BCUT2D eigenvalue weighted by molar-refractivity contribution is 7.20. The minimum absolute atomic E-state index is 0.272. The van der Waals surface area contributed by atoms with Crippen molar-refractivity contribution in [3.63, 3.8) is 0 Å². The number of hydrogen-bond donors (Lipinski definition) is 0. The molecule has 0 N–H and O–H groups in total. The number of esters is 1. The standard InChI is InChI=1S/C19H14N2O3S/c1-12(17-20-21-18(24-17)13-7-3-2-4-8-13)23-19(22)16-11-14-9-5-6-10-15(14)25-16/h2-12H,1H3. The highest BCUT2D eigenvalue weighted by Gasteiger charge is 2.21. The van der Waals surface area contributed by atoms with Crippen molar-refractivity contribution in [2.75, 3.05) is 0 Å². The third kappa shape index (κ3) is 3.16. The molecule has 0 fully saturated rings. The monoisotopic (exact) mass is 350 g/mol. The third-order valence-corrected chi connectivity index (χ3v) is 4.82. The van der Waals surface area contributed by atoms with Crippen molar-refractivity contribution in [3.8, 4) is 11.5 Å². The van der Waals surface area contributed by atoms with Crippen molar-refractivity contribution >= 4 is 27.4 Å². The maximum atomic E-state index is 12.4. The van der Waals surface area contributed by atoms with Crippen molar-refractivity contribution in [1.29, 1.82) is 0 Å². The molecule has 6 heteroatoms. The Kier molecular flexibility index (Phi) is 4.03. The van der Waals surface area contributed by atoms with E-state index >= 15 is 0 Å². The van der Waals surface area contributed by atoms with Crippen molar-refractivity contribution in [2.45, 2.75) is 13.0 Å². The van der Waals surface area contributed by atoms with E-state index in [-0.39, 0.29) is 5.89 Å². The highest BCUT2D eigenvalue weighted by Crippen LogP contribution is 2.28. The van der Waals surface area contributed by atoms with Gasteiger partial charge < -0.3 is 9.15 Å². The van der Waals surface area contributed by atoms with Crippen LogP contribution in [0.4, 0.5) is 0 Å². The van der Waals surface area contributed by atoms with E-state index in [1.165, 1.54) is 11.3 Å². The number of hydrogen-bond acceptors (Lipinski definition) is 6. The van der Waals surface area contributed by atoms with Crippen LogP contribution in [0.3, 0.4) is 0 Å². The molecule has 0 bridgehead atoms. The highest BCUT2D eigenvalue weighted by atomic mass is 32.1. The quantitative estimate of drug-likeness (QED) is 0.491. The number of ether oxygens (including phenoxy) is 1. The summed E-state index contributed by atoms with van der Waals surface area (Å²) in [5.41, 5.74) is 0.823. The lowest BCUT2D eigenvalue weighted by Crippen LogP contribution is -2.08. The van der Waals surface area contributed by atoms with Gasteiger partial charge in [-0.25, -0.2) is 4.79 Å². The maximum absolute atomic E-state index is 12.4. The second-order valence-electron chi connectivity index (χ2n) is 5.51. The molecule has 25 heavy (non-hydrogen) atoms. The lowest BCUT2D eigenvalue weighted by Gasteiger charge is -2.07. The Hall–Kier alpha value is -2.99. The smallest absolute Gasteiger partial charge is 0.349 e. The van der Waals surface area contributed by atoms with Gasteiger partial charge in [0.15, 0.2) is 6.10 Å². The van der Waals surface area contributed by atoms with Gasteiger partial charge in [-0.1, -0.05) is 36.4 Å². The first-order valence-electron chi connectivity index (χ1n) is 7.79. The summed E-state index contributed by atoms with van der Waals surface area (Å²) < 4.78 is 12.2. The lowest BCUT2D eigenvalue weighted by molar-refractivity contribution is 0.0286. The number of carbonyl (C=O) groups is 1. The average Bonchev–Trinajstić information content (AvgIpc) is 3.29. The summed E-state index contributed by atoms with van der Waals surface area (Å²) in [6.45, 7) is 1.72. The van der Waals surface area contributed by atoms with Crippen molar-refractivity contribution in [1.82, 2.24) is 10.2 Å². The van der Waals surface area contributed by atoms with Crippen LogP contribution in [-0.4, -0.2) is 16.2 Å². The molecule has 0 amide bonds. The molecule has 0 radical (unpaired) electrons. The van der Waals surface area contributed by atoms with Crippen LogP contribution in [-0.2, 0) is 4.74 Å². The molecule has 2 aromatic carbocycles. The molecular weight excluding hydrogens is 336 g/mol. The van der Waals surface area contributed by atoms with Gasteiger partial charge in [-0.3, -0.25) is 0 Å². The van der Waals surface area contributed by atoms with Gasteiger partial charge in [-0.05, 0) is 36.6 Å². The summed E-state index contributed by atoms with van der Waals surface area (Å²) >= 11 is 1.40. The summed E-state index contributed by atoms with van der Waals surface area (Å²) in [4.78, 5) is 12.9. The third-order valence-electron chi connectivity index (χ3n) is 3.72. The molecule has 0 saturated heterocycles. The minimum atomic E-state index is -0.623. The molecular formula is C19H14N2O3S. The number of fused-ring (bicyclic) bond motifs is 1. The zero-order chi connectivity index (χ0) is 17.2. The van der Waals surface area contributed by atoms with Crippen LogP contribution < -0.4 is 0 Å². The summed E-state index contributed by atoms with van der Waals surface area (Å²) in [7, 11) is 0. The molecule has 1 unspecified atom stereocenters. The van der Waals surface area contributed by atoms with Crippen LogP contribution in [0.5, 0.6) is 0 Å². The van der Waals surface area contributed by atoms with Crippen molar-refractivity contribution in [3.05, 3.63) is 71.4 Å². The SMILES string of the molecule is CC(OC(=O)c1cc2ccccc2s1)c1nnc(-c2ccccc2)o1. The van der Waals surface area contributed by atoms with Crippen LogP contribution in [0.25, 0.3) is 21.5 Å². The number of carbonyl (C=O) groups excluding carboxylic acids is 1. The summed E-state index contributed by atoms with van der Waals surface area (Å²) in [5, 5.41) is 9.03. The molecule has 0 spiro atoms. The molecule has 2 aromatic heterocycles. The van der Waals surface area contributed by atoms with E-state index in [1.807, 2.05) is 60.7 Å². The fourth-order valence-corrected chi connectivity index (χ4v) is 3.39. The molecule has 124 valence electrons. The summed E-state index contributed by atoms with van der Waals surface area (Å²) in [6, 6.07) is 19.1. The van der Waals surface area contributed by atoms with Gasteiger partial charge >= 0.3 is 5.97 Å². The van der Waals surface area contributed by atoms with Crippen LogP contribution in [0.1, 0.15) is 28.6 Å². The zero-order valence-electron chi connectivity index (χ0n) is 13.4. The Morgan fingerprint density at radius 3 is 2.64 bits per heavy atom. The molecule has 0 aliphatic rings. The summed E-state index contributed by atoms with van der Waals surface area (Å²) in [5.74, 6) is 0.279. The molecule has 4 rings (SSSR count). The largest absolute Gasteiger partial charge is 0.448 e. The van der Waals surface area contributed by atoms with E-state index in [4.69, 9.17) is 9.15 Å². The molecule has 5 nitrogen and oxygen atoms in total. The van der Waals surface area contributed by atoms with Crippen molar-refractivity contribution < 1.29 is 13.9 Å². The second kappa shape index (κ2) is 6.49. The van der Waals surface area contributed by atoms with Crippen LogP contribution in [0, 0.1) is 0 Å². The van der Waals surface area contributed by atoms with Crippen LogP contribution in [0.2, 0.25) is 0 Å². The van der Waals surface area contributed by atoms with Gasteiger partial charge in [0, 0.05) is 10.3 Å². The maximum Gasteiger partial charge on any atom is 0.349 e. The molecule has 0 aliphatic heterocycles. The Morgan fingerprint density at radius 2 is 1.84 bits per heavy atom. The molecule has 1 atom stereocenters. The van der Waals surface area contributed by atoms with E-state index in [0.717, 1.165) is 15.6 Å². The number of nitrogens with zero attached hydrogens (tertiary/aromatic N) is 2. The predicted octanol–water partition coefficient (Wildman–Crippen LogP) is 4.87. The molecule has 0 aliphatic carbocycles. The van der Waals surface area contributed by atoms with Gasteiger partial charge in [0.05, 0.1) is 0 Å².